The van der Waals surface area contributed by atoms with E-state index in [2.05, 4.69) is 112 Å². The number of aromatic nitrogens is 4. The van der Waals surface area contributed by atoms with Crippen LogP contribution in [0.4, 0.5) is 11.6 Å². The molecule has 7 rings (SSSR count). The fourth-order valence-corrected chi connectivity index (χ4v) is 13.8. The molecule has 0 atom stereocenters. The van der Waals surface area contributed by atoms with Gasteiger partial charge in [0.05, 0.1) is 32.3 Å². The van der Waals surface area contributed by atoms with Crippen molar-refractivity contribution in [1.82, 2.24) is 19.9 Å². The second kappa shape index (κ2) is 21.5. The van der Waals surface area contributed by atoms with Crippen LogP contribution in [0.15, 0.2) is 55.0 Å². The minimum atomic E-state index is -1.05. The molecule has 2 fully saturated rings. The summed E-state index contributed by atoms with van der Waals surface area (Å²) < 4.78 is 17.9. The zero-order valence-electron chi connectivity index (χ0n) is 42.1. The van der Waals surface area contributed by atoms with Crippen LogP contribution in [-0.4, -0.2) is 57.7 Å². The number of aliphatic hydroxyl groups is 1. The lowest BCUT2D eigenvalue weighted by atomic mass is 9.81. The molecular weight excluding hydrogens is 826 g/mol. The second-order valence-corrected chi connectivity index (χ2v) is 23.4. The van der Waals surface area contributed by atoms with E-state index in [0.717, 1.165) is 39.4 Å². The monoisotopic (exact) mass is 904 g/mol. The molecule has 0 bridgehead atoms. The first-order chi connectivity index (χ1) is 30.9. The van der Waals surface area contributed by atoms with Gasteiger partial charge in [-0.3, -0.25) is 0 Å². The number of nitrogens with zero attached hydrogens (tertiary/aromatic N) is 4. The molecule has 65 heavy (non-hydrogen) atoms. The summed E-state index contributed by atoms with van der Waals surface area (Å²) in [5.41, 5.74) is 8.26. The van der Waals surface area contributed by atoms with Gasteiger partial charge in [-0.15, -0.1) is 0 Å². The molecule has 2 N–H and O–H groups in total. The molecule has 2 aliphatic carbocycles. The Morgan fingerprint density at radius 2 is 1.20 bits per heavy atom. The summed E-state index contributed by atoms with van der Waals surface area (Å²) in [6.07, 6.45) is 18.9. The van der Waals surface area contributed by atoms with Crippen molar-refractivity contribution >= 4 is 35.6 Å². The fraction of sp³-hybridized carbons (Fsp3) is 0.564. The first-order valence-corrected chi connectivity index (χ1v) is 25.7. The van der Waals surface area contributed by atoms with Crippen molar-refractivity contribution in [3.8, 4) is 28.5 Å². The molecule has 0 aliphatic heterocycles. The highest BCUT2D eigenvalue weighted by Crippen LogP contribution is 2.59. The molecule has 3 heterocycles. The summed E-state index contributed by atoms with van der Waals surface area (Å²) in [5.74, 6) is 5.98. The lowest BCUT2D eigenvalue weighted by Gasteiger charge is -2.41. The SMILES string of the molecule is COc1ccc(OC)c(P(C2CCCCC2)C2CCCCC2)c1-c1c(C(C)C)cc(C(C)C)cc1C(C)C.COc1ncc(C(C)(C)O)c2cc(Nc3ccnc(C(C)(C)C)n3)ncc12. The molecule has 3 aromatic heterocycles. The molecule has 0 amide bonds. The second-order valence-electron chi connectivity index (χ2n) is 20.7. The number of hydrogen-bond acceptors (Lipinski definition) is 9. The fourth-order valence-electron chi connectivity index (χ4n) is 9.76. The van der Waals surface area contributed by atoms with Crippen LogP contribution in [-0.2, 0) is 11.0 Å². The first-order valence-electron chi connectivity index (χ1n) is 24.2. The molecule has 0 radical (unpaired) electrons. The largest absolute Gasteiger partial charge is 0.496 e. The number of anilines is 2. The van der Waals surface area contributed by atoms with Crippen molar-refractivity contribution in [3.63, 3.8) is 0 Å². The van der Waals surface area contributed by atoms with Crippen molar-refractivity contribution in [2.24, 2.45) is 0 Å². The van der Waals surface area contributed by atoms with E-state index in [4.69, 9.17) is 14.2 Å². The topological polar surface area (TPSA) is 112 Å². The Morgan fingerprint density at radius 3 is 1.69 bits per heavy atom. The van der Waals surface area contributed by atoms with E-state index in [1.807, 2.05) is 20.3 Å². The molecule has 2 aromatic carbocycles. The Bertz CT molecular complexity index is 2320. The average Bonchev–Trinajstić information content (AvgIpc) is 3.28. The van der Waals surface area contributed by atoms with E-state index in [1.165, 1.54) is 97.3 Å². The summed E-state index contributed by atoms with van der Waals surface area (Å²) in [5, 5.41) is 16.8. The maximum Gasteiger partial charge on any atom is 0.222 e. The predicted octanol–water partition coefficient (Wildman–Crippen LogP) is 14.2. The number of hydrogen-bond donors (Lipinski definition) is 2. The standard InChI is InChI=1S/C35H53O2P.C20H25N5O2/c1-23(2)26-21-29(24(3)4)33(30(22-26)25(5)6)34-31(36-7)19-20-32(37-8)35(34)38(27-15-11-9-12-16-27)28-17-13-10-14-18-28;1-19(2,3)18-21-8-7-15(25-18)24-16-9-12-13(10-22-16)17(27-6)23-11-14(12)20(4,5)26/h19-25,27-28H,9-18H2,1-8H3;7-11,26H,1-6H3,(H,21,22,24,25). The molecule has 0 spiro atoms. The average molecular weight is 904 g/mol. The van der Waals surface area contributed by atoms with Crippen LogP contribution in [0.1, 0.15) is 186 Å². The first kappa shape index (κ1) is 50.1. The number of benzene rings is 2. The Hall–Kier alpha value is -4.33. The van der Waals surface area contributed by atoms with E-state index >= 15 is 0 Å². The highest BCUT2D eigenvalue weighted by Gasteiger charge is 2.38. The van der Waals surface area contributed by atoms with Gasteiger partial charge >= 0.3 is 0 Å². The van der Waals surface area contributed by atoms with Crippen LogP contribution in [0.5, 0.6) is 17.4 Å². The molecule has 0 saturated heterocycles. The van der Waals surface area contributed by atoms with Gasteiger partial charge in [0.25, 0.3) is 0 Å². The van der Waals surface area contributed by atoms with Crippen LogP contribution < -0.4 is 24.8 Å². The maximum atomic E-state index is 10.5. The van der Waals surface area contributed by atoms with Gasteiger partial charge in [0.1, 0.15) is 29.0 Å². The lowest BCUT2D eigenvalue weighted by molar-refractivity contribution is 0.0798. The predicted molar refractivity (Wildman–Crippen MR) is 273 cm³/mol. The highest BCUT2D eigenvalue weighted by atomic mass is 31.1. The van der Waals surface area contributed by atoms with Crippen LogP contribution >= 0.6 is 7.92 Å². The van der Waals surface area contributed by atoms with Crippen molar-refractivity contribution in [1.29, 1.82) is 0 Å². The van der Waals surface area contributed by atoms with Crippen molar-refractivity contribution in [2.75, 3.05) is 26.6 Å². The highest BCUT2D eigenvalue weighted by molar-refractivity contribution is 7.67. The third-order valence-corrected chi connectivity index (χ3v) is 16.9. The van der Waals surface area contributed by atoms with Crippen molar-refractivity contribution in [3.05, 3.63) is 83.1 Å². The van der Waals surface area contributed by atoms with Gasteiger partial charge < -0.3 is 24.6 Å². The number of methoxy groups -OCH3 is 3. The molecule has 352 valence electrons. The minimum Gasteiger partial charge on any atom is -0.496 e. The van der Waals surface area contributed by atoms with Crippen LogP contribution in [0.2, 0.25) is 0 Å². The van der Waals surface area contributed by atoms with Gasteiger partial charge in [0.2, 0.25) is 5.88 Å². The number of rotatable bonds is 13. The van der Waals surface area contributed by atoms with Gasteiger partial charge in [-0.1, -0.05) is 121 Å². The molecule has 0 unspecified atom stereocenters. The van der Waals surface area contributed by atoms with Gasteiger partial charge in [0.15, 0.2) is 0 Å². The number of ether oxygens (including phenoxy) is 3. The zero-order chi connectivity index (χ0) is 47.2. The van der Waals surface area contributed by atoms with Gasteiger partial charge in [-0.2, -0.15) is 0 Å². The smallest absolute Gasteiger partial charge is 0.222 e. The van der Waals surface area contributed by atoms with E-state index < -0.39 is 5.60 Å². The number of fused-ring (bicyclic) bond motifs is 1. The lowest BCUT2D eigenvalue weighted by Crippen LogP contribution is -2.28. The quantitative estimate of drug-likeness (QED) is 0.112. The summed E-state index contributed by atoms with van der Waals surface area (Å²) in [6, 6.07) is 13.1. The molecule has 2 saturated carbocycles. The van der Waals surface area contributed by atoms with Gasteiger partial charge in [-0.25, -0.2) is 19.9 Å². The van der Waals surface area contributed by atoms with Crippen LogP contribution in [0.25, 0.3) is 21.9 Å². The van der Waals surface area contributed by atoms with Gasteiger partial charge in [-0.05, 0) is 121 Å². The van der Waals surface area contributed by atoms with Crippen LogP contribution in [0, 0.1) is 0 Å². The minimum absolute atomic E-state index is 0.151. The molecular formula is C55H78N5O4P. The molecule has 9 nitrogen and oxygen atoms in total. The van der Waals surface area contributed by atoms with E-state index in [0.29, 0.717) is 40.8 Å². The van der Waals surface area contributed by atoms with Crippen LogP contribution in [0.3, 0.4) is 0 Å². The Labute approximate surface area is 392 Å². The zero-order valence-corrected chi connectivity index (χ0v) is 43.0. The summed E-state index contributed by atoms with van der Waals surface area (Å²) in [7, 11) is 4.94. The maximum absolute atomic E-state index is 10.5. The third-order valence-electron chi connectivity index (χ3n) is 13.3. The molecule has 5 aromatic rings. The summed E-state index contributed by atoms with van der Waals surface area (Å²) in [4.78, 5) is 17.7. The summed E-state index contributed by atoms with van der Waals surface area (Å²) >= 11 is 0. The Morgan fingerprint density at radius 1 is 0.631 bits per heavy atom. The third kappa shape index (κ3) is 11.6. The van der Waals surface area contributed by atoms with Gasteiger partial charge in [0, 0.05) is 40.4 Å². The van der Waals surface area contributed by atoms with E-state index in [-0.39, 0.29) is 13.3 Å². The Kier molecular flexibility index (Phi) is 16.6. The number of pyridine rings is 2. The van der Waals surface area contributed by atoms with E-state index in [9.17, 15) is 5.11 Å². The number of nitrogens with one attached hydrogen (secondary N) is 1. The Balaban J connectivity index is 0.000000228. The molecule has 2 aliphatic rings. The van der Waals surface area contributed by atoms with Crippen molar-refractivity contribution in [2.45, 2.75) is 180 Å². The molecule has 10 heteroatoms. The normalized spacial score (nSPS) is 15.4. The van der Waals surface area contributed by atoms with Crippen molar-refractivity contribution < 1.29 is 19.3 Å². The van der Waals surface area contributed by atoms with E-state index in [1.54, 1.807) is 45.6 Å². The summed E-state index contributed by atoms with van der Waals surface area (Å²) in [6.45, 7) is 23.8.